The molecule has 12 heteroatoms. The third-order valence-electron chi connectivity index (χ3n) is 5.17. The van der Waals surface area contributed by atoms with Gasteiger partial charge in [-0.1, -0.05) is 0 Å². The minimum atomic E-state index is -4.34. The molecule has 0 atom stereocenters. The topological polar surface area (TPSA) is 128 Å². The lowest BCUT2D eigenvalue weighted by atomic mass is 10.1. The zero-order chi connectivity index (χ0) is 27.2. The second-order valence-electron chi connectivity index (χ2n) is 7.46. The summed E-state index contributed by atoms with van der Waals surface area (Å²) in [6, 6.07) is 13.8. The van der Waals surface area contributed by atoms with Gasteiger partial charge in [-0.2, -0.15) is 0 Å². The summed E-state index contributed by atoms with van der Waals surface area (Å²) in [5, 5.41) is 2.46. The second kappa shape index (κ2) is 11.5. The third kappa shape index (κ3) is 6.22. The number of ether oxygens (including phenoxy) is 3. The van der Waals surface area contributed by atoms with E-state index in [2.05, 4.69) is 10.1 Å². The molecule has 1 amide bonds. The summed E-state index contributed by atoms with van der Waals surface area (Å²) in [6.45, 7) is -0.727. The normalized spacial score (nSPS) is 10.8. The molecule has 0 spiro atoms. The molecule has 3 rings (SSSR count). The Labute approximate surface area is 212 Å². The van der Waals surface area contributed by atoms with Crippen LogP contribution in [0.5, 0.6) is 5.75 Å². The number of halogens is 1. The van der Waals surface area contributed by atoms with Crippen molar-refractivity contribution in [3.05, 3.63) is 83.7 Å². The number of carbonyl (C=O) groups excluding carboxylic acids is 3. The Bertz CT molecular complexity index is 1410. The van der Waals surface area contributed by atoms with Crippen LogP contribution in [-0.4, -0.2) is 54.1 Å². The summed E-state index contributed by atoms with van der Waals surface area (Å²) in [4.78, 5) is 37.0. The van der Waals surface area contributed by atoms with Crippen molar-refractivity contribution < 1.29 is 41.4 Å². The number of anilines is 2. The van der Waals surface area contributed by atoms with Crippen molar-refractivity contribution in [3.63, 3.8) is 0 Å². The first-order valence-corrected chi connectivity index (χ1v) is 12.1. The molecule has 1 N–H and O–H groups in total. The van der Waals surface area contributed by atoms with Crippen molar-refractivity contribution in [2.45, 2.75) is 4.90 Å². The summed E-state index contributed by atoms with van der Waals surface area (Å²) < 4.78 is 55.6. The second-order valence-corrected chi connectivity index (χ2v) is 9.32. The number of hydrogen-bond acceptors (Lipinski definition) is 8. The van der Waals surface area contributed by atoms with Crippen LogP contribution in [0.1, 0.15) is 20.7 Å². The van der Waals surface area contributed by atoms with E-state index in [1.165, 1.54) is 56.7 Å². The first-order chi connectivity index (χ1) is 17.6. The minimum Gasteiger partial charge on any atom is -0.497 e. The van der Waals surface area contributed by atoms with Crippen LogP contribution in [0.3, 0.4) is 0 Å². The smallest absolute Gasteiger partial charge is 0.339 e. The number of nitrogens with one attached hydrogen (secondary N) is 1. The van der Waals surface area contributed by atoms with E-state index in [-0.39, 0.29) is 27.4 Å². The predicted molar refractivity (Wildman–Crippen MR) is 132 cm³/mol. The van der Waals surface area contributed by atoms with Crippen LogP contribution < -0.4 is 14.4 Å². The molecule has 0 fully saturated rings. The molecule has 0 saturated carbocycles. The van der Waals surface area contributed by atoms with Gasteiger partial charge in [0.25, 0.3) is 10.0 Å². The molecule has 0 unspecified atom stereocenters. The van der Waals surface area contributed by atoms with E-state index in [1.54, 1.807) is 0 Å². The summed E-state index contributed by atoms with van der Waals surface area (Å²) in [5.74, 6) is -2.53. The fourth-order valence-corrected chi connectivity index (χ4v) is 4.72. The van der Waals surface area contributed by atoms with E-state index in [4.69, 9.17) is 9.47 Å². The molecule has 194 valence electrons. The summed E-state index contributed by atoms with van der Waals surface area (Å²) in [5.41, 5.74) is 0.00248. The Morgan fingerprint density at radius 2 is 1.49 bits per heavy atom. The molecule has 3 aromatic carbocycles. The molecule has 37 heavy (non-hydrogen) atoms. The van der Waals surface area contributed by atoms with Crippen molar-refractivity contribution in [1.82, 2.24) is 0 Å². The van der Waals surface area contributed by atoms with Crippen molar-refractivity contribution >= 4 is 39.2 Å². The summed E-state index contributed by atoms with van der Waals surface area (Å²) in [7, 11) is -0.584. The SMILES string of the molecule is COC(=O)c1ccc(C(=O)OC)c(NC(=O)CN(c2ccc(OC)cc2)S(=O)(=O)c2ccc(F)cc2)c1. The highest BCUT2D eigenvalue weighted by Crippen LogP contribution is 2.27. The van der Waals surface area contributed by atoms with Gasteiger partial charge in [0.05, 0.1) is 48.7 Å². The molecule has 0 radical (unpaired) electrons. The number of rotatable bonds is 9. The van der Waals surface area contributed by atoms with Crippen LogP contribution in [0, 0.1) is 5.82 Å². The number of benzene rings is 3. The van der Waals surface area contributed by atoms with Gasteiger partial charge in [0.2, 0.25) is 5.91 Å². The van der Waals surface area contributed by atoms with Gasteiger partial charge in [0.15, 0.2) is 0 Å². The molecule has 0 aliphatic heterocycles. The molecule has 0 aliphatic carbocycles. The molecule has 0 aliphatic rings. The fourth-order valence-electron chi connectivity index (χ4n) is 3.30. The largest absolute Gasteiger partial charge is 0.497 e. The van der Waals surface area contributed by atoms with Gasteiger partial charge in [-0.3, -0.25) is 9.10 Å². The van der Waals surface area contributed by atoms with E-state index >= 15 is 0 Å². The van der Waals surface area contributed by atoms with E-state index in [9.17, 15) is 27.2 Å². The average molecular weight is 531 g/mol. The zero-order valence-corrected chi connectivity index (χ0v) is 20.9. The molecule has 10 nitrogen and oxygen atoms in total. The number of nitrogens with zero attached hydrogens (tertiary/aromatic N) is 1. The highest BCUT2D eigenvalue weighted by atomic mass is 32.2. The van der Waals surface area contributed by atoms with E-state index in [1.807, 2.05) is 0 Å². The number of esters is 2. The lowest BCUT2D eigenvalue weighted by Crippen LogP contribution is -2.38. The van der Waals surface area contributed by atoms with Gasteiger partial charge in [-0.05, 0) is 66.7 Å². The van der Waals surface area contributed by atoms with Crippen LogP contribution in [0.15, 0.2) is 71.6 Å². The number of hydrogen-bond donors (Lipinski definition) is 1. The van der Waals surface area contributed by atoms with Gasteiger partial charge >= 0.3 is 11.9 Å². The number of sulfonamides is 1. The maximum atomic E-state index is 13.4. The van der Waals surface area contributed by atoms with Crippen molar-refractivity contribution in [2.75, 3.05) is 37.5 Å². The van der Waals surface area contributed by atoms with Crippen LogP contribution in [0.4, 0.5) is 15.8 Å². The van der Waals surface area contributed by atoms with Crippen LogP contribution >= 0.6 is 0 Å². The quantitative estimate of drug-likeness (QED) is 0.418. The van der Waals surface area contributed by atoms with E-state index in [0.717, 1.165) is 35.7 Å². The highest BCUT2D eigenvalue weighted by molar-refractivity contribution is 7.92. The maximum Gasteiger partial charge on any atom is 0.339 e. The zero-order valence-electron chi connectivity index (χ0n) is 20.1. The van der Waals surface area contributed by atoms with Crippen molar-refractivity contribution in [3.8, 4) is 5.75 Å². The number of methoxy groups -OCH3 is 3. The van der Waals surface area contributed by atoms with Crippen molar-refractivity contribution in [1.29, 1.82) is 0 Å². The van der Waals surface area contributed by atoms with Gasteiger partial charge in [0, 0.05) is 0 Å². The lowest BCUT2D eigenvalue weighted by Gasteiger charge is -2.24. The standard InChI is InChI=1S/C25H23FN2O8S/c1-34-19-9-7-18(8-10-19)28(37(32,33)20-11-5-17(26)6-12-20)15-23(29)27-22-14-16(24(30)35-2)4-13-21(22)25(31)36-3/h4-14H,15H2,1-3H3,(H,27,29). The average Bonchev–Trinajstić information content (AvgIpc) is 2.91. The molecule has 3 aromatic rings. The first-order valence-electron chi connectivity index (χ1n) is 10.6. The van der Waals surface area contributed by atoms with Gasteiger partial charge in [-0.15, -0.1) is 0 Å². The highest BCUT2D eigenvalue weighted by Gasteiger charge is 2.28. The van der Waals surface area contributed by atoms with Crippen molar-refractivity contribution in [2.24, 2.45) is 0 Å². The van der Waals surface area contributed by atoms with E-state index < -0.39 is 40.2 Å². The molecule has 0 aromatic heterocycles. The molecular formula is C25H23FN2O8S. The molecular weight excluding hydrogens is 507 g/mol. The molecule has 0 heterocycles. The van der Waals surface area contributed by atoms with Crippen LogP contribution in [-0.2, 0) is 24.3 Å². The lowest BCUT2D eigenvalue weighted by molar-refractivity contribution is -0.114. The molecule has 0 saturated heterocycles. The Morgan fingerprint density at radius 3 is 2.05 bits per heavy atom. The predicted octanol–water partition coefficient (Wildman–Crippen LogP) is 3.24. The number of amides is 1. The minimum absolute atomic E-state index is 0.0383. The molecule has 0 bridgehead atoms. The Morgan fingerprint density at radius 1 is 0.865 bits per heavy atom. The Kier molecular flexibility index (Phi) is 8.45. The first kappa shape index (κ1) is 27.1. The third-order valence-corrected chi connectivity index (χ3v) is 6.96. The van der Waals surface area contributed by atoms with Crippen LogP contribution in [0.2, 0.25) is 0 Å². The summed E-state index contributed by atoms with van der Waals surface area (Å²) in [6.07, 6.45) is 0. The fraction of sp³-hybridized carbons (Fsp3) is 0.160. The number of carbonyl (C=O) groups is 3. The Hall–Kier alpha value is -4.45. The maximum absolute atomic E-state index is 13.4. The van der Waals surface area contributed by atoms with E-state index in [0.29, 0.717) is 5.75 Å². The van der Waals surface area contributed by atoms with Gasteiger partial charge in [-0.25, -0.2) is 22.4 Å². The van der Waals surface area contributed by atoms with Crippen LogP contribution in [0.25, 0.3) is 0 Å². The monoisotopic (exact) mass is 530 g/mol. The Balaban J connectivity index is 2.00. The van der Waals surface area contributed by atoms with Gasteiger partial charge in [0.1, 0.15) is 18.1 Å². The summed E-state index contributed by atoms with van der Waals surface area (Å²) >= 11 is 0. The van der Waals surface area contributed by atoms with Gasteiger partial charge < -0.3 is 19.5 Å².